The Hall–Kier alpha value is -0.815. The molecule has 1 aliphatic carbocycles. The third-order valence-corrected chi connectivity index (χ3v) is 2.30. The summed E-state index contributed by atoms with van der Waals surface area (Å²) < 4.78 is 15.5. The van der Waals surface area contributed by atoms with Crippen LogP contribution in [0.5, 0.6) is 0 Å². The van der Waals surface area contributed by atoms with E-state index in [1.54, 1.807) is 6.08 Å². The Balaban J connectivity index is 2.96. The maximum atomic E-state index is 9.05. The number of hydrogen-bond acceptors (Lipinski definition) is 5. The molecular weight excluding hydrogens is 199 g/mol. The second-order valence-electron chi connectivity index (χ2n) is 3.15. The topological polar surface area (TPSA) is 68.2 Å². The lowest BCUT2D eigenvalue weighted by Crippen LogP contribution is -2.35. The van der Waals surface area contributed by atoms with E-state index in [0.29, 0.717) is 11.2 Å². The molecule has 0 radical (unpaired) electrons. The second kappa shape index (κ2) is 5.32. The van der Waals surface area contributed by atoms with Crippen LogP contribution < -0.4 is 0 Å². The molecule has 0 bridgehead atoms. The first-order chi connectivity index (χ1) is 7.13. The molecule has 1 rings (SSSR count). The molecule has 0 aromatic rings. The van der Waals surface area contributed by atoms with Gasteiger partial charge in [-0.2, -0.15) is 0 Å². The minimum Gasteiger partial charge on any atom is -0.498 e. The highest BCUT2D eigenvalue weighted by Gasteiger charge is 2.31. The van der Waals surface area contributed by atoms with Crippen molar-refractivity contribution in [2.75, 3.05) is 21.3 Å². The maximum Gasteiger partial charge on any atom is 0.488 e. The van der Waals surface area contributed by atoms with E-state index >= 15 is 0 Å². The van der Waals surface area contributed by atoms with Crippen LogP contribution in [0.1, 0.15) is 0 Å². The van der Waals surface area contributed by atoms with Gasteiger partial charge in [-0.05, 0) is 11.5 Å². The number of rotatable bonds is 4. The summed E-state index contributed by atoms with van der Waals surface area (Å²) in [5, 5.41) is 18.1. The van der Waals surface area contributed by atoms with E-state index in [0.717, 1.165) is 0 Å². The van der Waals surface area contributed by atoms with Crippen molar-refractivity contribution in [1.29, 1.82) is 0 Å². The molecule has 84 valence electrons. The Morgan fingerprint density at radius 1 is 1.20 bits per heavy atom. The lowest BCUT2D eigenvalue weighted by atomic mass is 9.75. The molecule has 2 N–H and O–H groups in total. The Morgan fingerprint density at radius 2 is 1.87 bits per heavy atom. The quantitative estimate of drug-likeness (QED) is 0.617. The molecular formula is C9H15BO5. The molecule has 1 aliphatic rings. The van der Waals surface area contributed by atoms with Crippen molar-refractivity contribution in [3.8, 4) is 0 Å². The molecule has 0 aromatic carbocycles. The molecule has 2 atom stereocenters. The first-order valence-corrected chi connectivity index (χ1v) is 4.53. The van der Waals surface area contributed by atoms with Crippen LogP contribution >= 0.6 is 0 Å². The summed E-state index contributed by atoms with van der Waals surface area (Å²) in [7, 11) is 3.02. The fourth-order valence-electron chi connectivity index (χ4n) is 1.51. The van der Waals surface area contributed by atoms with E-state index in [9.17, 15) is 0 Å². The van der Waals surface area contributed by atoms with Crippen molar-refractivity contribution < 1.29 is 24.3 Å². The SMILES string of the molecule is COC1=CC(B(O)O)=CC(OC)C1OC. The van der Waals surface area contributed by atoms with Crippen molar-refractivity contribution in [3.63, 3.8) is 0 Å². The highest BCUT2D eigenvalue weighted by atomic mass is 16.6. The van der Waals surface area contributed by atoms with E-state index in [4.69, 9.17) is 24.3 Å². The van der Waals surface area contributed by atoms with E-state index in [2.05, 4.69) is 0 Å². The van der Waals surface area contributed by atoms with Gasteiger partial charge in [-0.25, -0.2) is 0 Å². The van der Waals surface area contributed by atoms with Crippen LogP contribution in [0.4, 0.5) is 0 Å². The van der Waals surface area contributed by atoms with Crippen LogP contribution in [-0.4, -0.2) is 50.7 Å². The Labute approximate surface area is 89.1 Å². The van der Waals surface area contributed by atoms with Crippen molar-refractivity contribution in [2.45, 2.75) is 12.2 Å². The van der Waals surface area contributed by atoms with Gasteiger partial charge < -0.3 is 24.3 Å². The lowest BCUT2D eigenvalue weighted by molar-refractivity contribution is -0.0188. The van der Waals surface area contributed by atoms with Gasteiger partial charge in [0.25, 0.3) is 0 Å². The lowest BCUT2D eigenvalue weighted by Gasteiger charge is -2.28. The predicted molar refractivity (Wildman–Crippen MR) is 55.0 cm³/mol. The van der Waals surface area contributed by atoms with Gasteiger partial charge in [0.2, 0.25) is 0 Å². The summed E-state index contributed by atoms with van der Waals surface area (Å²) in [5.41, 5.74) is 0.340. The summed E-state index contributed by atoms with van der Waals surface area (Å²) in [6.45, 7) is 0. The molecule has 0 aliphatic heterocycles. The summed E-state index contributed by atoms with van der Waals surface area (Å²) in [6, 6.07) is 0. The van der Waals surface area contributed by atoms with Crippen molar-refractivity contribution >= 4 is 7.12 Å². The monoisotopic (exact) mass is 214 g/mol. The smallest absolute Gasteiger partial charge is 0.488 e. The van der Waals surface area contributed by atoms with Crippen molar-refractivity contribution in [3.05, 3.63) is 23.4 Å². The Kier molecular flexibility index (Phi) is 4.35. The van der Waals surface area contributed by atoms with Crippen LogP contribution in [0.2, 0.25) is 0 Å². The zero-order valence-electron chi connectivity index (χ0n) is 9.01. The molecule has 6 heteroatoms. The van der Waals surface area contributed by atoms with Gasteiger partial charge in [0.15, 0.2) is 0 Å². The summed E-state index contributed by atoms with van der Waals surface area (Å²) in [5.74, 6) is 0.509. The average molecular weight is 214 g/mol. The van der Waals surface area contributed by atoms with Crippen LogP contribution in [0, 0.1) is 0 Å². The summed E-state index contributed by atoms with van der Waals surface area (Å²) in [6.07, 6.45) is 2.39. The second-order valence-corrected chi connectivity index (χ2v) is 3.15. The van der Waals surface area contributed by atoms with Gasteiger partial charge in [-0.3, -0.25) is 0 Å². The van der Waals surface area contributed by atoms with Gasteiger partial charge in [0.05, 0.1) is 7.11 Å². The zero-order valence-corrected chi connectivity index (χ0v) is 9.01. The minimum absolute atomic E-state index is 0.340. The van der Waals surface area contributed by atoms with Gasteiger partial charge in [-0.15, -0.1) is 0 Å². The third kappa shape index (κ3) is 2.60. The zero-order chi connectivity index (χ0) is 11.4. The number of methoxy groups -OCH3 is 3. The third-order valence-electron chi connectivity index (χ3n) is 2.30. The number of ether oxygens (including phenoxy) is 3. The fourth-order valence-corrected chi connectivity index (χ4v) is 1.51. The Morgan fingerprint density at radius 3 is 2.27 bits per heavy atom. The standard InChI is InChI=1S/C9H15BO5/c1-13-7-4-6(10(11)12)5-8(14-2)9(7)15-3/h4-5,7,9,11-12H,1-3H3. The molecule has 0 heterocycles. The first-order valence-electron chi connectivity index (χ1n) is 4.53. The van der Waals surface area contributed by atoms with Crippen LogP contribution in [0.15, 0.2) is 23.4 Å². The van der Waals surface area contributed by atoms with Crippen LogP contribution in [-0.2, 0) is 14.2 Å². The van der Waals surface area contributed by atoms with Gasteiger partial charge in [0, 0.05) is 14.2 Å². The molecule has 0 saturated carbocycles. The number of hydrogen-bond donors (Lipinski definition) is 2. The van der Waals surface area contributed by atoms with Gasteiger partial charge >= 0.3 is 7.12 Å². The predicted octanol–water partition coefficient (Wildman–Crippen LogP) is -0.501. The Bertz CT molecular complexity index is 274. The molecule has 0 aromatic heterocycles. The largest absolute Gasteiger partial charge is 0.498 e. The van der Waals surface area contributed by atoms with Crippen LogP contribution in [0.25, 0.3) is 0 Å². The minimum atomic E-state index is -1.54. The molecule has 0 amide bonds. The normalized spacial score (nSPS) is 25.7. The maximum absolute atomic E-state index is 9.05. The molecule has 0 fully saturated rings. The molecule has 5 nitrogen and oxygen atoms in total. The van der Waals surface area contributed by atoms with E-state index < -0.39 is 7.12 Å². The fraction of sp³-hybridized carbons (Fsp3) is 0.556. The summed E-state index contributed by atoms with van der Waals surface area (Å²) in [4.78, 5) is 0. The van der Waals surface area contributed by atoms with Crippen LogP contribution in [0.3, 0.4) is 0 Å². The van der Waals surface area contributed by atoms with E-state index in [1.807, 2.05) is 0 Å². The highest BCUT2D eigenvalue weighted by molar-refractivity contribution is 6.51. The average Bonchev–Trinajstić information content (AvgIpc) is 2.26. The molecule has 0 spiro atoms. The first kappa shape index (κ1) is 12.3. The molecule has 2 unspecified atom stereocenters. The highest BCUT2D eigenvalue weighted by Crippen LogP contribution is 2.23. The van der Waals surface area contributed by atoms with E-state index in [-0.39, 0.29) is 12.2 Å². The molecule has 0 saturated heterocycles. The van der Waals surface area contributed by atoms with Crippen molar-refractivity contribution in [2.24, 2.45) is 0 Å². The summed E-state index contributed by atoms with van der Waals surface area (Å²) >= 11 is 0. The van der Waals surface area contributed by atoms with Crippen molar-refractivity contribution in [1.82, 2.24) is 0 Å². The molecule has 15 heavy (non-hydrogen) atoms. The van der Waals surface area contributed by atoms with Gasteiger partial charge in [-0.1, -0.05) is 6.08 Å². The van der Waals surface area contributed by atoms with Gasteiger partial charge in [0.1, 0.15) is 18.0 Å². The number of allylic oxidation sites excluding steroid dienone is 2. The van der Waals surface area contributed by atoms with E-state index in [1.165, 1.54) is 27.4 Å².